The summed E-state index contributed by atoms with van der Waals surface area (Å²) in [7, 11) is 5.85. The van der Waals surface area contributed by atoms with Gasteiger partial charge in [0.25, 0.3) is 5.91 Å². The van der Waals surface area contributed by atoms with Crippen molar-refractivity contribution in [2.45, 2.75) is 6.54 Å². The van der Waals surface area contributed by atoms with Crippen molar-refractivity contribution < 1.29 is 4.79 Å². The molecule has 2 heterocycles. The Morgan fingerprint density at radius 3 is 2.83 bits per heavy atom. The molecular formula is C17H19N5OS. The van der Waals surface area contributed by atoms with Gasteiger partial charge in [0.1, 0.15) is 10.7 Å². The van der Waals surface area contributed by atoms with E-state index in [0.29, 0.717) is 5.69 Å². The number of aryl methyl sites for hydroxylation is 1. The van der Waals surface area contributed by atoms with Gasteiger partial charge in [0, 0.05) is 36.4 Å². The maximum atomic E-state index is 12.5. The summed E-state index contributed by atoms with van der Waals surface area (Å²) in [5.41, 5.74) is 3.21. The van der Waals surface area contributed by atoms with Crippen molar-refractivity contribution in [2.75, 3.05) is 19.4 Å². The Morgan fingerprint density at radius 2 is 2.12 bits per heavy atom. The van der Waals surface area contributed by atoms with Crippen molar-refractivity contribution in [3.05, 3.63) is 53.3 Å². The van der Waals surface area contributed by atoms with Crippen LogP contribution in [0, 0.1) is 0 Å². The summed E-state index contributed by atoms with van der Waals surface area (Å²) in [5, 5.41) is 9.65. The van der Waals surface area contributed by atoms with Gasteiger partial charge in [-0.1, -0.05) is 18.2 Å². The van der Waals surface area contributed by atoms with Crippen molar-refractivity contribution in [1.29, 1.82) is 0 Å². The highest BCUT2D eigenvalue weighted by atomic mass is 32.1. The Kier molecular flexibility index (Phi) is 4.73. The van der Waals surface area contributed by atoms with Crippen LogP contribution in [0.1, 0.15) is 16.1 Å². The van der Waals surface area contributed by atoms with Crippen LogP contribution in [0.5, 0.6) is 0 Å². The third-order valence-electron chi connectivity index (χ3n) is 3.44. The van der Waals surface area contributed by atoms with Gasteiger partial charge in [0.05, 0.1) is 6.20 Å². The molecule has 1 aromatic carbocycles. The van der Waals surface area contributed by atoms with Crippen LogP contribution in [0.4, 0.5) is 5.69 Å². The third-order valence-corrected chi connectivity index (χ3v) is 4.33. The molecule has 0 aliphatic carbocycles. The molecule has 0 saturated carbocycles. The van der Waals surface area contributed by atoms with Crippen LogP contribution in [0.25, 0.3) is 10.6 Å². The number of anilines is 1. The van der Waals surface area contributed by atoms with E-state index >= 15 is 0 Å². The van der Waals surface area contributed by atoms with Crippen molar-refractivity contribution in [1.82, 2.24) is 19.7 Å². The van der Waals surface area contributed by atoms with Crippen LogP contribution in [0.2, 0.25) is 0 Å². The number of para-hydroxylation sites is 1. The lowest BCUT2D eigenvalue weighted by Gasteiger charge is -2.14. The van der Waals surface area contributed by atoms with E-state index in [0.717, 1.165) is 28.4 Å². The summed E-state index contributed by atoms with van der Waals surface area (Å²) in [4.78, 5) is 19.0. The molecule has 0 bridgehead atoms. The fraction of sp³-hybridized carbons (Fsp3) is 0.235. The summed E-state index contributed by atoms with van der Waals surface area (Å²) in [6.45, 7) is 0.758. The number of nitrogens with one attached hydrogen (secondary N) is 1. The van der Waals surface area contributed by atoms with E-state index in [1.54, 1.807) is 16.3 Å². The molecule has 0 aliphatic heterocycles. The fourth-order valence-electron chi connectivity index (χ4n) is 2.35. The van der Waals surface area contributed by atoms with E-state index in [1.165, 1.54) is 11.3 Å². The highest BCUT2D eigenvalue weighted by Gasteiger charge is 2.14. The molecule has 0 fully saturated rings. The summed E-state index contributed by atoms with van der Waals surface area (Å²) in [5.74, 6) is -0.201. The monoisotopic (exact) mass is 341 g/mol. The van der Waals surface area contributed by atoms with E-state index in [9.17, 15) is 4.79 Å². The lowest BCUT2D eigenvalue weighted by Crippen LogP contribution is -2.16. The van der Waals surface area contributed by atoms with Gasteiger partial charge in [-0.3, -0.25) is 9.48 Å². The average Bonchev–Trinajstić information content (AvgIpc) is 3.17. The Bertz CT molecular complexity index is 852. The maximum absolute atomic E-state index is 12.5. The third kappa shape index (κ3) is 3.69. The van der Waals surface area contributed by atoms with Gasteiger partial charge in [-0.05, 0) is 25.7 Å². The maximum Gasteiger partial charge on any atom is 0.275 e. The normalized spacial score (nSPS) is 11.0. The van der Waals surface area contributed by atoms with Gasteiger partial charge in [0.2, 0.25) is 0 Å². The Hall–Kier alpha value is -2.51. The van der Waals surface area contributed by atoms with Crippen LogP contribution in [-0.2, 0) is 13.6 Å². The number of rotatable bonds is 5. The Balaban J connectivity index is 1.78. The number of aromatic nitrogens is 3. The predicted octanol–water partition coefficient (Wildman–Crippen LogP) is 2.86. The molecule has 0 aliphatic rings. The molecule has 0 unspecified atom stereocenters. The number of thiazole rings is 1. The molecular weight excluding hydrogens is 322 g/mol. The minimum absolute atomic E-state index is 0.201. The minimum Gasteiger partial charge on any atom is -0.320 e. The van der Waals surface area contributed by atoms with Crippen molar-refractivity contribution in [3.8, 4) is 10.6 Å². The lowest BCUT2D eigenvalue weighted by molar-refractivity contribution is 0.102. The number of nitrogens with zero attached hydrogens (tertiary/aromatic N) is 4. The highest BCUT2D eigenvalue weighted by Crippen LogP contribution is 2.24. The van der Waals surface area contributed by atoms with Crippen molar-refractivity contribution in [3.63, 3.8) is 0 Å². The van der Waals surface area contributed by atoms with Gasteiger partial charge in [-0.25, -0.2) is 4.98 Å². The molecule has 0 radical (unpaired) electrons. The predicted molar refractivity (Wildman–Crippen MR) is 96.1 cm³/mol. The molecule has 0 atom stereocenters. The van der Waals surface area contributed by atoms with Crippen molar-refractivity contribution >= 4 is 22.9 Å². The second-order valence-electron chi connectivity index (χ2n) is 5.79. The summed E-state index contributed by atoms with van der Waals surface area (Å²) in [6.07, 6.45) is 3.62. The molecule has 124 valence electrons. The Labute approximate surface area is 144 Å². The van der Waals surface area contributed by atoms with E-state index < -0.39 is 0 Å². The van der Waals surface area contributed by atoms with Crippen molar-refractivity contribution in [2.24, 2.45) is 7.05 Å². The molecule has 2 aromatic heterocycles. The van der Waals surface area contributed by atoms with Gasteiger partial charge >= 0.3 is 0 Å². The first-order valence-corrected chi connectivity index (χ1v) is 8.39. The fourth-order valence-corrected chi connectivity index (χ4v) is 3.12. The molecule has 0 saturated heterocycles. The first-order valence-electron chi connectivity index (χ1n) is 7.51. The van der Waals surface area contributed by atoms with Gasteiger partial charge in [-0.15, -0.1) is 11.3 Å². The second kappa shape index (κ2) is 6.94. The lowest BCUT2D eigenvalue weighted by atomic mass is 10.1. The number of hydrogen-bond donors (Lipinski definition) is 1. The number of carbonyl (C=O) groups is 1. The molecule has 7 heteroatoms. The first-order chi connectivity index (χ1) is 11.5. The SMILES string of the molecule is CN(C)Cc1ccccc1NC(=O)c1csc(-c2cnn(C)c2)n1. The molecule has 0 spiro atoms. The standard InChI is InChI=1S/C17H19N5OS/c1-21(2)9-12-6-4-5-7-14(12)19-16(23)15-11-24-17(20-15)13-8-18-22(3)10-13/h4-8,10-11H,9H2,1-3H3,(H,19,23). The van der Waals surface area contributed by atoms with E-state index in [2.05, 4.69) is 20.3 Å². The van der Waals surface area contributed by atoms with Gasteiger partial charge in [0.15, 0.2) is 0 Å². The summed E-state index contributed by atoms with van der Waals surface area (Å²) >= 11 is 1.44. The number of carbonyl (C=O) groups excluding carboxylic acids is 1. The zero-order valence-electron chi connectivity index (χ0n) is 13.9. The number of amides is 1. The Morgan fingerprint density at radius 1 is 1.33 bits per heavy atom. The van der Waals surface area contributed by atoms with Crippen LogP contribution in [-0.4, -0.2) is 39.7 Å². The molecule has 1 amide bonds. The quantitative estimate of drug-likeness (QED) is 0.775. The zero-order chi connectivity index (χ0) is 17.1. The van der Waals surface area contributed by atoms with Crippen LogP contribution >= 0.6 is 11.3 Å². The smallest absolute Gasteiger partial charge is 0.275 e. The summed E-state index contributed by atoms with van der Waals surface area (Å²) in [6, 6.07) is 7.80. The van der Waals surface area contributed by atoms with E-state index in [-0.39, 0.29) is 5.91 Å². The molecule has 1 N–H and O–H groups in total. The van der Waals surface area contributed by atoms with Gasteiger partial charge in [-0.2, -0.15) is 5.10 Å². The van der Waals surface area contributed by atoms with Crippen LogP contribution < -0.4 is 5.32 Å². The molecule has 3 rings (SSSR count). The first kappa shape index (κ1) is 16.4. The van der Waals surface area contributed by atoms with Crippen LogP contribution in [0.3, 0.4) is 0 Å². The zero-order valence-corrected chi connectivity index (χ0v) is 14.7. The molecule has 6 nitrogen and oxygen atoms in total. The van der Waals surface area contributed by atoms with Crippen LogP contribution in [0.15, 0.2) is 42.0 Å². The number of benzene rings is 1. The summed E-state index contributed by atoms with van der Waals surface area (Å²) < 4.78 is 1.72. The molecule has 24 heavy (non-hydrogen) atoms. The minimum atomic E-state index is -0.201. The van der Waals surface area contributed by atoms with E-state index in [4.69, 9.17) is 0 Å². The second-order valence-corrected chi connectivity index (χ2v) is 6.65. The highest BCUT2D eigenvalue weighted by molar-refractivity contribution is 7.13. The number of hydrogen-bond acceptors (Lipinski definition) is 5. The average molecular weight is 341 g/mol. The topological polar surface area (TPSA) is 63.1 Å². The van der Waals surface area contributed by atoms with E-state index in [1.807, 2.05) is 51.6 Å². The molecule has 3 aromatic rings. The van der Waals surface area contributed by atoms with Gasteiger partial charge < -0.3 is 10.2 Å². The largest absolute Gasteiger partial charge is 0.320 e.